The molecule has 2 amide bonds. The van der Waals surface area contributed by atoms with Crippen LogP contribution in [0.1, 0.15) is 49.1 Å². The maximum absolute atomic E-state index is 13.2. The molecule has 1 fully saturated rings. The summed E-state index contributed by atoms with van der Waals surface area (Å²) in [6.45, 7) is 0.0442. The Hall–Kier alpha value is -3.86. The molecule has 4 rings (SSSR count). The van der Waals surface area contributed by atoms with E-state index < -0.39 is 30.6 Å². The van der Waals surface area contributed by atoms with Crippen LogP contribution in [0.25, 0.3) is 11.1 Å². The highest BCUT2D eigenvalue weighted by Gasteiger charge is 2.33. The number of fused-ring (bicyclic) bond motifs is 3. The van der Waals surface area contributed by atoms with Crippen molar-refractivity contribution in [2.45, 2.75) is 44.1 Å². The van der Waals surface area contributed by atoms with Crippen molar-refractivity contribution in [3.8, 4) is 17.2 Å². The fraction of sp³-hybridized carbons (Fsp3) is 0.407. The Balaban J connectivity index is 1.43. The molecule has 0 spiro atoms. The lowest BCUT2D eigenvalue weighted by Crippen LogP contribution is -2.50. The van der Waals surface area contributed by atoms with Gasteiger partial charge in [-0.25, -0.2) is 4.79 Å². The summed E-state index contributed by atoms with van der Waals surface area (Å²) >= 11 is 0. The molecule has 8 heteroatoms. The quantitative estimate of drug-likeness (QED) is 0.476. The lowest BCUT2D eigenvalue weighted by atomic mass is 9.98. The predicted molar refractivity (Wildman–Crippen MR) is 128 cm³/mol. The summed E-state index contributed by atoms with van der Waals surface area (Å²) in [7, 11) is 0. The van der Waals surface area contributed by atoms with Gasteiger partial charge in [0.05, 0.1) is 6.07 Å². The Kier molecular flexibility index (Phi) is 7.66. The number of carboxylic acids is 1. The maximum atomic E-state index is 13.2. The number of carbonyl (C=O) groups is 3. The SMILES string of the molecule is N#CCCCC(NC(=O)OCC1c2ccccc2-c2ccccc21)C(=O)N(CC(=O)O)CC1CC1. The molecule has 0 heterocycles. The van der Waals surface area contributed by atoms with Crippen molar-refractivity contribution in [1.29, 1.82) is 5.26 Å². The average molecular weight is 476 g/mol. The topological polar surface area (TPSA) is 120 Å². The molecule has 0 saturated heterocycles. The summed E-state index contributed by atoms with van der Waals surface area (Å²) in [6, 6.07) is 17.1. The number of nitriles is 1. The summed E-state index contributed by atoms with van der Waals surface area (Å²) in [4.78, 5) is 38.5. The fourth-order valence-electron chi connectivity index (χ4n) is 4.65. The number of aliphatic carboxylic acids is 1. The molecule has 35 heavy (non-hydrogen) atoms. The van der Waals surface area contributed by atoms with Crippen molar-refractivity contribution in [2.24, 2.45) is 5.92 Å². The summed E-state index contributed by atoms with van der Waals surface area (Å²) in [5.74, 6) is -1.37. The molecule has 1 unspecified atom stereocenters. The largest absolute Gasteiger partial charge is 0.480 e. The first-order valence-corrected chi connectivity index (χ1v) is 12.0. The Morgan fingerprint density at radius 1 is 1.09 bits per heavy atom. The van der Waals surface area contributed by atoms with Crippen molar-refractivity contribution >= 4 is 18.0 Å². The Morgan fingerprint density at radius 2 is 1.71 bits per heavy atom. The summed E-state index contributed by atoms with van der Waals surface area (Å²) in [5.41, 5.74) is 4.40. The first-order valence-electron chi connectivity index (χ1n) is 12.0. The van der Waals surface area contributed by atoms with Gasteiger partial charge in [0.25, 0.3) is 0 Å². The number of unbranched alkanes of at least 4 members (excludes halogenated alkanes) is 1. The van der Waals surface area contributed by atoms with Crippen LogP contribution >= 0.6 is 0 Å². The first-order chi connectivity index (χ1) is 17.0. The molecular formula is C27H29N3O5. The second-order valence-corrected chi connectivity index (χ2v) is 9.13. The zero-order valence-corrected chi connectivity index (χ0v) is 19.5. The van der Waals surface area contributed by atoms with Crippen molar-refractivity contribution in [1.82, 2.24) is 10.2 Å². The summed E-state index contributed by atoms with van der Waals surface area (Å²) in [5, 5.41) is 20.8. The highest BCUT2D eigenvalue weighted by Crippen LogP contribution is 2.44. The number of hydrogen-bond acceptors (Lipinski definition) is 5. The van der Waals surface area contributed by atoms with Gasteiger partial charge in [-0.2, -0.15) is 5.26 Å². The Labute approximate surface area is 204 Å². The van der Waals surface area contributed by atoms with Gasteiger partial charge in [-0.3, -0.25) is 9.59 Å². The highest BCUT2D eigenvalue weighted by molar-refractivity contribution is 5.88. The molecule has 0 bridgehead atoms. The third-order valence-corrected chi connectivity index (χ3v) is 6.53. The smallest absolute Gasteiger partial charge is 0.407 e. The number of amides is 2. The van der Waals surface area contributed by atoms with Gasteiger partial charge in [-0.05, 0) is 53.9 Å². The van der Waals surface area contributed by atoms with E-state index >= 15 is 0 Å². The predicted octanol–water partition coefficient (Wildman–Crippen LogP) is 3.91. The van der Waals surface area contributed by atoms with Gasteiger partial charge in [0, 0.05) is 18.9 Å². The van der Waals surface area contributed by atoms with Crippen molar-refractivity contribution in [3.63, 3.8) is 0 Å². The summed E-state index contributed by atoms with van der Waals surface area (Å²) in [6.07, 6.45) is 2.06. The minimum Gasteiger partial charge on any atom is -0.480 e. The molecule has 2 N–H and O–H groups in total. The maximum Gasteiger partial charge on any atom is 0.407 e. The lowest BCUT2D eigenvalue weighted by Gasteiger charge is -2.26. The molecule has 2 aromatic carbocycles. The Bertz CT molecular complexity index is 1090. The minimum atomic E-state index is -1.10. The molecule has 1 saturated carbocycles. The monoisotopic (exact) mass is 475 g/mol. The van der Waals surface area contributed by atoms with E-state index in [4.69, 9.17) is 10.00 Å². The second kappa shape index (κ2) is 11.0. The van der Waals surface area contributed by atoms with E-state index in [1.807, 2.05) is 42.5 Å². The van der Waals surface area contributed by atoms with Gasteiger partial charge >= 0.3 is 12.1 Å². The summed E-state index contributed by atoms with van der Waals surface area (Å²) < 4.78 is 5.58. The zero-order valence-electron chi connectivity index (χ0n) is 19.5. The van der Waals surface area contributed by atoms with Crippen LogP contribution in [0.2, 0.25) is 0 Å². The number of alkyl carbamates (subject to hydrolysis) is 1. The molecule has 2 aliphatic carbocycles. The van der Waals surface area contributed by atoms with Gasteiger partial charge in [0.1, 0.15) is 19.2 Å². The normalized spacial score (nSPS) is 14.8. The van der Waals surface area contributed by atoms with Gasteiger partial charge in [0.2, 0.25) is 5.91 Å². The lowest BCUT2D eigenvalue weighted by molar-refractivity contribution is -0.145. The molecule has 8 nitrogen and oxygen atoms in total. The van der Waals surface area contributed by atoms with E-state index in [-0.39, 0.29) is 25.4 Å². The number of ether oxygens (including phenoxy) is 1. The minimum absolute atomic E-state index is 0.111. The number of carboxylic acid groups (broad SMARTS) is 1. The highest BCUT2D eigenvalue weighted by atomic mass is 16.5. The van der Waals surface area contributed by atoms with Crippen molar-refractivity contribution in [2.75, 3.05) is 19.7 Å². The molecule has 182 valence electrons. The van der Waals surface area contributed by atoms with Crippen LogP contribution in [0.3, 0.4) is 0 Å². The van der Waals surface area contributed by atoms with Crippen LogP contribution < -0.4 is 5.32 Å². The molecular weight excluding hydrogens is 446 g/mol. The van der Waals surface area contributed by atoms with Gasteiger partial charge in [0.15, 0.2) is 0 Å². The first kappa shape index (κ1) is 24.3. The third-order valence-electron chi connectivity index (χ3n) is 6.53. The van der Waals surface area contributed by atoms with E-state index in [1.54, 1.807) is 0 Å². The Morgan fingerprint density at radius 3 is 2.29 bits per heavy atom. The molecule has 2 aromatic rings. The molecule has 0 radical (unpaired) electrons. The molecule has 0 aromatic heterocycles. The standard InChI is InChI=1S/C27H29N3O5/c28-14-6-5-11-24(26(33)30(16-25(31)32)15-18-12-13-18)29-27(34)35-17-23-21-9-3-1-7-19(21)20-8-2-4-10-22(20)23/h1-4,7-10,18,23-24H,5-6,11-13,15-17H2,(H,29,34)(H,31,32). The fourth-order valence-corrected chi connectivity index (χ4v) is 4.65. The second-order valence-electron chi connectivity index (χ2n) is 9.13. The van der Waals surface area contributed by atoms with Gasteiger partial charge < -0.3 is 20.1 Å². The van der Waals surface area contributed by atoms with Crippen LogP contribution in [0.15, 0.2) is 48.5 Å². The number of benzene rings is 2. The van der Waals surface area contributed by atoms with E-state index in [2.05, 4.69) is 17.4 Å². The average Bonchev–Trinajstić information content (AvgIpc) is 3.61. The third kappa shape index (κ3) is 5.99. The van der Waals surface area contributed by atoms with E-state index in [0.29, 0.717) is 18.9 Å². The number of hydrogen-bond donors (Lipinski definition) is 2. The zero-order chi connectivity index (χ0) is 24.8. The number of rotatable bonds is 11. The van der Waals surface area contributed by atoms with Crippen LogP contribution in [-0.2, 0) is 14.3 Å². The van der Waals surface area contributed by atoms with E-state index in [1.165, 1.54) is 4.90 Å². The molecule has 0 aliphatic heterocycles. The number of nitrogens with zero attached hydrogens (tertiary/aromatic N) is 2. The van der Waals surface area contributed by atoms with Crippen LogP contribution in [0.5, 0.6) is 0 Å². The van der Waals surface area contributed by atoms with E-state index in [9.17, 15) is 19.5 Å². The van der Waals surface area contributed by atoms with Crippen LogP contribution in [-0.4, -0.2) is 53.7 Å². The van der Waals surface area contributed by atoms with Gasteiger partial charge in [-0.15, -0.1) is 0 Å². The van der Waals surface area contributed by atoms with E-state index in [0.717, 1.165) is 35.1 Å². The van der Waals surface area contributed by atoms with Crippen LogP contribution in [0, 0.1) is 17.2 Å². The number of carbonyl (C=O) groups excluding carboxylic acids is 2. The number of nitrogens with one attached hydrogen (secondary N) is 1. The van der Waals surface area contributed by atoms with Crippen molar-refractivity contribution < 1.29 is 24.2 Å². The molecule has 1 atom stereocenters. The van der Waals surface area contributed by atoms with Crippen molar-refractivity contribution in [3.05, 3.63) is 59.7 Å². The molecule has 2 aliphatic rings. The van der Waals surface area contributed by atoms with Crippen LogP contribution in [0.4, 0.5) is 4.79 Å². The van der Waals surface area contributed by atoms with Gasteiger partial charge in [-0.1, -0.05) is 48.5 Å².